The molecule has 170 valence electrons. The topological polar surface area (TPSA) is 92.9 Å². The van der Waals surface area contributed by atoms with Gasteiger partial charge in [-0.2, -0.15) is 0 Å². The largest absolute Gasteiger partial charge is 0.475 e. The molecule has 5 aromatic rings. The third-order valence-electron chi connectivity index (χ3n) is 6.04. The minimum Gasteiger partial charge on any atom is -0.475 e. The summed E-state index contributed by atoms with van der Waals surface area (Å²) in [6.45, 7) is 3.59. The molecule has 2 heterocycles. The number of hydrogen-bond acceptors (Lipinski definition) is 3. The number of nitrogens with zero attached hydrogens (tertiary/aromatic N) is 3. The van der Waals surface area contributed by atoms with Crippen molar-refractivity contribution in [3.63, 3.8) is 0 Å². The SMILES string of the molecule is Cc1cc(-c2nc(C(=O)O)[nH]c2-c2ccc3c(c2)n(C)c(=O)n3-c2ccccc2C)ccc1F. The fraction of sp³-hybridized carbons (Fsp3) is 0.115. The number of aromatic amines is 1. The van der Waals surface area contributed by atoms with Gasteiger partial charge in [0.05, 0.1) is 28.1 Å². The van der Waals surface area contributed by atoms with Crippen LogP contribution >= 0.6 is 0 Å². The summed E-state index contributed by atoms with van der Waals surface area (Å²) in [6, 6.07) is 17.6. The predicted molar refractivity (Wildman–Crippen MR) is 128 cm³/mol. The summed E-state index contributed by atoms with van der Waals surface area (Å²) in [5, 5.41) is 9.52. The highest BCUT2D eigenvalue weighted by Gasteiger charge is 2.20. The van der Waals surface area contributed by atoms with Crippen molar-refractivity contribution in [2.45, 2.75) is 13.8 Å². The molecule has 0 aliphatic heterocycles. The second-order valence-electron chi connectivity index (χ2n) is 8.25. The second kappa shape index (κ2) is 7.84. The minimum atomic E-state index is -1.20. The summed E-state index contributed by atoms with van der Waals surface area (Å²) in [6.07, 6.45) is 0. The molecule has 5 rings (SSSR count). The van der Waals surface area contributed by atoms with Crippen LogP contribution in [0.25, 0.3) is 39.2 Å². The molecular formula is C26H21FN4O3. The van der Waals surface area contributed by atoms with Gasteiger partial charge in [0.25, 0.3) is 0 Å². The van der Waals surface area contributed by atoms with Crippen LogP contribution in [0.5, 0.6) is 0 Å². The number of aromatic nitrogens is 4. The van der Waals surface area contributed by atoms with E-state index in [-0.39, 0.29) is 17.3 Å². The first-order valence-electron chi connectivity index (χ1n) is 10.6. The van der Waals surface area contributed by atoms with Crippen molar-refractivity contribution in [2.24, 2.45) is 7.05 Å². The number of carboxylic acid groups (broad SMARTS) is 1. The monoisotopic (exact) mass is 456 g/mol. The Balaban J connectivity index is 1.74. The van der Waals surface area contributed by atoms with Crippen molar-refractivity contribution in [3.05, 3.63) is 93.9 Å². The number of hydrogen-bond donors (Lipinski definition) is 2. The lowest BCUT2D eigenvalue weighted by molar-refractivity contribution is 0.0685. The number of H-pyrrole nitrogens is 1. The van der Waals surface area contributed by atoms with E-state index in [0.29, 0.717) is 33.6 Å². The Labute approximate surface area is 193 Å². The van der Waals surface area contributed by atoms with E-state index < -0.39 is 5.97 Å². The Kier molecular flexibility index (Phi) is 4.93. The molecule has 7 nitrogen and oxygen atoms in total. The quantitative estimate of drug-likeness (QED) is 0.405. The molecule has 8 heteroatoms. The molecule has 0 radical (unpaired) electrons. The first-order valence-corrected chi connectivity index (χ1v) is 10.6. The van der Waals surface area contributed by atoms with E-state index in [1.165, 1.54) is 6.07 Å². The molecule has 0 aliphatic rings. The van der Waals surface area contributed by atoms with E-state index in [0.717, 1.165) is 16.8 Å². The average Bonchev–Trinajstić information content (AvgIpc) is 3.37. The zero-order valence-electron chi connectivity index (χ0n) is 18.8. The van der Waals surface area contributed by atoms with Crippen molar-refractivity contribution >= 4 is 17.0 Å². The third kappa shape index (κ3) is 3.31. The van der Waals surface area contributed by atoms with Crippen molar-refractivity contribution < 1.29 is 14.3 Å². The number of para-hydroxylation sites is 1. The number of aromatic carboxylic acids is 1. The molecule has 2 aromatic heterocycles. The highest BCUT2D eigenvalue weighted by Crippen LogP contribution is 2.33. The average molecular weight is 456 g/mol. The van der Waals surface area contributed by atoms with E-state index in [9.17, 15) is 19.1 Å². The van der Waals surface area contributed by atoms with Crippen LogP contribution in [-0.4, -0.2) is 30.2 Å². The van der Waals surface area contributed by atoms with Gasteiger partial charge in [-0.05, 0) is 61.4 Å². The van der Waals surface area contributed by atoms with E-state index in [4.69, 9.17) is 0 Å². The van der Waals surface area contributed by atoms with Crippen LogP contribution in [0, 0.1) is 19.7 Å². The Morgan fingerprint density at radius 2 is 1.71 bits per heavy atom. The van der Waals surface area contributed by atoms with E-state index in [2.05, 4.69) is 9.97 Å². The zero-order chi connectivity index (χ0) is 24.1. The lowest BCUT2D eigenvalue weighted by Gasteiger charge is -2.08. The molecule has 0 saturated heterocycles. The van der Waals surface area contributed by atoms with Gasteiger partial charge in [-0.1, -0.05) is 24.3 Å². The van der Waals surface area contributed by atoms with Gasteiger partial charge in [-0.15, -0.1) is 0 Å². The number of nitrogens with one attached hydrogen (secondary N) is 1. The Morgan fingerprint density at radius 1 is 0.971 bits per heavy atom. The summed E-state index contributed by atoms with van der Waals surface area (Å²) in [4.78, 5) is 31.9. The number of carbonyl (C=O) groups is 1. The van der Waals surface area contributed by atoms with Crippen molar-refractivity contribution in [2.75, 3.05) is 0 Å². The Morgan fingerprint density at radius 3 is 2.41 bits per heavy atom. The van der Waals surface area contributed by atoms with Gasteiger partial charge in [-0.3, -0.25) is 9.13 Å². The molecule has 2 N–H and O–H groups in total. The summed E-state index contributed by atoms with van der Waals surface area (Å²) in [5.41, 5.74) is 5.51. The van der Waals surface area contributed by atoms with Gasteiger partial charge < -0.3 is 10.1 Å². The van der Waals surface area contributed by atoms with Gasteiger partial charge in [0.2, 0.25) is 5.82 Å². The molecule has 0 aliphatic carbocycles. The standard InChI is InChI=1S/C26H21FN4O3/c1-14-6-4-5-7-19(14)31-20-11-9-17(13-21(20)30(3)26(31)34)23-22(28-24(29-23)25(32)33)16-8-10-18(27)15(2)12-16/h4-13H,1-3H3,(H,28,29)(H,32,33). The third-order valence-corrected chi connectivity index (χ3v) is 6.04. The van der Waals surface area contributed by atoms with E-state index in [1.54, 1.807) is 35.2 Å². The lowest BCUT2D eigenvalue weighted by atomic mass is 10.0. The molecule has 34 heavy (non-hydrogen) atoms. The minimum absolute atomic E-state index is 0.188. The zero-order valence-corrected chi connectivity index (χ0v) is 18.8. The fourth-order valence-electron chi connectivity index (χ4n) is 4.22. The van der Waals surface area contributed by atoms with Crippen molar-refractivity contribution in [3.8, 4) is 28.2 Å². The summed E-state index contributed by atoms with van der Waals surface area (Å²) in [5.74, 6) is -1.78. The Hall–Kier alpha value is -4.46. The van der Waals surface area contributed by atoms with Crippen LogP contribution in [0.3, 0.4) is 0 Å². The van der Waals surface area contributed by atoms with Crippen LogP contribution in [0.2, 0.25) is 0 Å². The van der Waals surface area contributed by atoms with Crippen LogP contribution in [0.1, 0.15) is 21.7 Å². The summed E-state index contributed by atoms with van der Waals surface area (Å²) < 4.78 is 17.1. The van der Waals surface area contributed by atoms with E-state index >= 15 is 0 Å². The number of fused-ring (bicyclic) bond motifs is 1. The summed E-state index contributed by atoms with van der Waals surface area (Å²) in [7, 11) is 1.70. The lowest BCUT2D eigenvalue weighted by Crippen LogP contribution is -2.21. The molecule has 3 aromatic carbocycles. The molecule has 0 unspecified atom stereocenters. The molecular weight excluding hydrogens is 435 g/mol. The number of imidazole rings is 2. The Bertz CT molecular complexity index is 1660. The number of benzene rings is 3. The van der Waals surface area contributed by atoms with Crippen LogP contribution in [0.15, 0.2) is 65.5 Å². The number of rotatable bonds is 4. The smallest absolute Gasteiger partial charge is 0.371 e. The first-order chi connectivity index (χ1) is 16.3. The van der Waals surface area contributed by atoms with Gasteiger partial charge >= 0.3 is 11.7 Å². The molecule has 0 fully saturated rings. The normalized spacial score (nSPS) is 11.3. The molecule has 0 amide bonds. The summed E-state index contributed by atoms with van der Waals surface area (Å²) >= 11 is 0. The van der Waals surface area contributed by atoms with Crippen molar-refractivity contribution in [1.82, 2.24) is 19.1 Å². The van der Waals surface area contributed by atoms with Gasteiger partial charge in [-0.25, -0.2) is 19.0 Å². The molecule has 0 saturated carbocycles. The fourth-order valence-corrected chi connectivity index (χ4v) is 4.22. The van der Waals surface area contributed by atoms with Crippen molar-refractivity contribution in [1.29, 1.82) is 0 Å². The second-order valence-corrected chi connectivity index (χ2v) is 8.25. The predicted octanol–water partition coefficient (Wildman–Crippen LogP) is 4.84. The number of carboxylic acids is 1. The maximum atomic E-state index is 13.8. The first kappa shape index (κ1) is 21.4. The van der Waals surface area contributed by atoms with E-state index in [1.807, 2.05) is 49.4 Å². The number of halogens is 1. The highest BCUT2D eigenvalue weighted by molar-refractivity contribution is 5.91. The highest BCUT2D eigenvalue weighted by atomic mass is 19.1. The molecule has 0 spiro atoms. The van der Waals surface area contributed by atoms with Crippen LogP contribution in [-0.2, 0) is 7.05 Å². The van der Waals surface area contributed by atoms with Crippen LogP contribution < -0.4 is 5.69 Å². The number of aryl methyl sites for hydroxylation is 3. The van der Waals surface area contributed by atoms with Gasteiger partial charge in [0.15, 0.2) is 0 Å². The van der Waals surface area contributed by atoms with Gasteiger partial charge in [0.1, 0.15) is 5.82 Å². The maximum absolute atomic E-state index is 13.8. The van der Waals surface area contributed by atoms with Crippen LogP contribution in [0.4, 0.5) is 4.39 Å². The van der Waals surface area contributed by atoms with Gasteiger partial charge in [0, 0.05) is 18.2 Å². The maximum Gasteiger partial charge on any atom is 0.371 e. The molecule has 0 bridgehead atoms. The molecule has 0 atom stereocenters.